The molecule has 0 aromatic carbocycles. The molecule has 1 rings (SSSR count). The van der Waals surface area contributed by atoms with Gasteiger partial charge < -0.3 is 10.1 Å². The number of nitrogens with one attached hydrogen (secondary N) is 1. The molecule has 18 heavy (non-hydrogen) atoms. The van der Waals surface area contributed by atoms with E-state index in [1.807, 2.05) is 0 Å². The van der Waals surface area contributed by atoms with Gasteiger partial charge in [0, 0.05) is 6.54 Å². The van der Waals surface area contributed by atoms with Crippen molar-refractivity contribution >= 4 is 21.8 Å². The second kappa shape index (κ2) is 5.78. The lowest BCUT2D eigenvalue weighted by Crippen LogP contribution is -2.22. The van der Waals surface area contributed by atoms with E-state index in [9.17, 15) is 13.2 Å². The summed E-state index contributed by atoms with van der Waals surface area (Å²) in [6.45, 7) is 1.82. The van der Waals surface area contributed by atoms with E-state index in [0.29, 0.717) is 17.1 Å². The van der Waals surface area contributed by atoms with Crippen LogP contribution in [0.15, 0.2) is 12.1 Å². The predicted octanol–water partition coefficient (Wildman–Crippen LogP) is -0.123. The number of methoxy groups -OCH3 is 1. The highest BCUT2D eigenvalue weighted by Gasteiger charge is 2.10. The molecule has 3 N–H and O–H groups in total. The molecular weight excluding hydrogens is 258 g/mol. The van der Waals surface area contributed by atoms with Crippen LogP contribution < -0.4 is 10.5 Å². The first-order valence-electron chi connectivity index (χ1n) is 5.14. The number of hydrogen-bond donors (Lipinski definition) is 2. The Kier molecular flexibility index (Phi) is 4.62. The van der Waals surface area contributed by atoms with E-state index in [1.54, 1.807) is 19.1 Å². The van der Waals surface area contributed by atoms with Gasteiger partial charge in [0.05, 0.1) is 24.1 Å². The first-order chi connectivity index (χ1) is 8.33. The van der Waals surface area contributed by atoms with Crippen molar-refractivity contribution in [2.45, 2.75) is 6.92 Å². The van der Waals surface area contributed by atoms with E-state index in [2.05, 4.69) is 15.0 Å². The van der Waals surface area contributed by atoms with Crippen LogP contribution in [0.5, 0.6) is 0 Å². The lowest BCUT2D eigenvalue weighted by Gasteiger charge is -2.08. The number of aryl methyl sites for hydroxylation is 1. The number of carbonyl (C=O) groups is 1. The number of hydrogen-bond acceptors (Lipinski definition) is 6. The molecular formula is C10H15N3O4S. The van der Waals surface area contributed by atoms with Crippen LogP contribution in [-0.4, -0.2) is 38.8 Å². The van der Waals surface area contributed by atoms with E-state index in [-0.39, 0.29) is 12.3 Å². The number of rotatable bonds is 5. The quantitative estimate of drug-likeness (QED) is 0.723. The summed E-state index contributed by atoms with van der Waals surface area (Å²) in [6, 6.07) is 3.13. The number of esters is 1. The number of primary sulfonamides is 1. The Hall–Kier alpha value is -1.67. The second-order valence-corrected chi connectivity index (χ2v) is 5.35. The van der Waals surface area contributed by atoms with Crippen LogP contribution in [0.2, 0.25) is 0 Å². The zero-order valence-corrected chi connectivity index (χ0v) is 11.0. The number of nitrogens with two attached hydrogens (primary N) is 1. The fourth-order valence-electron chi connectivity index (χ4n) is 1.31. The topological polar surface area (TPSA) is 111 Å². The van der Waals surface area contributed by atoms with Gasteiger partial charge in [0.2, 0.25) is 10.0 Å². The molecule has 0 aliphatic heterocycles. The van der Waals surface area contributed by atoms with Gasteiger partial charge in [0.1, 0.15) is 5.82 Å². The van der Waals surface area contributed by atoms with Crippen LogP contribution in [0.1, 0.15) is 16.1 Å². The monoisotopic (exact) mass is 273 g/mol. The third-order valence-corrected chi connectivity index (χ3v) is 2.96. The van der Waals surface area contributed by atoms with Crippen molar-refractivity contribution in [2.75, 3.05) is 24.7 Å². The van der Waals surface area contributed by atoms with Gasteiger partial charge in [-0.25, -0.2) is 23.3 Å². The molecule has 1 aromatic heterocycles. The average molecular weight is 273 g/mol. The Morgan fingerprint density at radius 2 is 2.17 bits per heavy atom. The van der Waals surface area contributed by atoms with E-state index in [1.165, 1.54) is 7.11 Å². The van der Waals surface area contributed by atoms with E-state index in [0.717, 1.165) is 0 Å². The van der Waals surface area contributed by atoms with Crippen molar-refractivity contribution in [3.05, 3.63) is 23.4 Å². The number of nitrogens with zero attached hydrogens (tertiary/aromatic N) is 1. The van der Waals surface area contributed by atoms with Gasteiger partial charge in [-0.2, -0.15) is 0 Å². The SMILES string of the molecule is COC(=O)c1ccc(NCCS(N)(=O)=O)nc1C. The Bertz CT molecular complexity index is 542. The normalized spacial score (nSPS) is 11.1. The molecule has 0 aliphatic rings. The first-order valence-corrected chi connectivity index (χ1v) is 6.85. The minimum absolute atomic E-state index is 0.156. The Morgan fingerprint density at radius 1 is 1.50 bits per heavy atom. The molecule has 1 aromatic rings. The molecule has 0 radical (unpaired) electrons. The molecule has 0 atom stereocenters. The van der Waals surface area contributed by atoms with Crippen LogP contribution in [0.4, 0.5) is 5.82 Å². The molecule has 0 saturated carbocycles. The molecule has 8 heteroatoms. The van der Waals surface area contributed by atoms with Crippen LogP contribution in [-0.2, 0) is 14.8 Å². The summed E-state index contributed by atoms with van der Waals surface area (Å²) in [6.07, 6.45) is 0. The third-order valence-electron chi connectivity index (χ3n) is 2.18. The standard InChI is InChI=1S/C10H15N3O4S/c1-7-8(10(14)17-2)3-4-9(13-7)12-5-6-18(11,15)16/h3-4H,5-6H2,1-2H3,(H,12,13)(H2,11,15,16). The maximum absolute atomic E-state index is 11.3. The van der Waals surface area contributed by atoms with Crippen molar-refractivity contribution in [1.82, 2.24) is 4.98 Å². The summed E-state index contributed by atoms with van der Waals surface area (Å²) in [5.74, 6) is -0.174. The molecule has 7 nitrogen and oxygen atoms in total. The number of pyridine rings is 1. The number of sulfonamides is 1. The van der Waals surface area contributed by atoms with E-state index >= 15 is 0 Å². The first kappa shape index (κ1) is 14.4. The molecule has 0 aliphatic carbocycles. The van der Waals surface area contributed by atoms with Gasteiger partial charge in [-0.1, -0.05) is 0 Å². The predicted molar refractivity (Wildman–Crippen MR) is 66.8 cm³/mol. The summed E-state index contributed by atoms with van der Waals surface area (Å²) in [4.78, 5) is 15.4. The van der Waals surface area contributed by atoms with Gasteiger partial charge in [0.15, 0.2) is 0 Å². The molecule has 0 saturated heterocycles. The fraction of sp³-hybridized carbons (Fsp3) is 0.400. The average Bonchev–Trinajstić information content (AvgIpc) is 2.26. The van der Waals surface area contributed by atoms with Gasteiger partial charge in [0.25, 0.3) is 0 Å². The highest BCUT2D eigenvalue weighted by molar-refractivity contribution is 7.89. The maximum Gasteiger partial charge on any atom is 0.339 e. The lowest BCUT2D eigenvalue weighted by atomic mass is 10.2. The van der Waals surface area contributed by atoms with Gasteiger partial charge in [-0.05, 0) is 19.1 Å². The van der Waals surface area contributed by atoms with Crippen molar-refractivity contribution in [2.24, 2.45) is 5.14 Å². The number of carbonyl (C=O) groups excluding carboxylic acids is 1. The third kappa shape index (κ3) is 4.30. The molecule has 0 spiro atoms. The van der Waals surface area contributed by atoms with Crippen molar-refractivity contribution in [1.29, 1.82) is 0 Å². The largest absolute Gasteiger partial charge is 0.465 e. The van der Waals surface area contributed by atoms with Gasteiger partial charge in [-0.3, -0.25) is 0 Å². The zero-order chi connectivity index (χ0) is 13.8. The fourth-order valence-corrected chi connectivity index (χ4v) is 1.69. The van der Waals surface area contributed by atoms with Crippen molar-refractivity contribution in [3.8, 4) is 0 Å². The number of anilines is 1. The maximum atomic E-state index is 11.3. The van der Waals surface area contributed by atoms with E-state index < -0.39 is 16.0 Å². The van der Waals surface area contributed by atoms with Gasteiger partial charge >= 0.3 is 5.97 Å². The molecule has 1 heterocycles. The minimum atomic E-state index is -3.49. The van der Waals surface area contributed by atoms with Crippen LogP contribution in [0.25, 0.3) is 0 Å². The summed E-state index contributed by atoms with van der Waals surface area (Å²) < 4.78 is 26.0. The van der Waals surface area contributed by atoms with E-state index in [4.69, 9.17) is 5.14 Å². The van der Waals surface area contributed by atoms with Gasteiger partial charge in [-0.15, -0.1) is 0 Å². The highest BCUT2D eigenvalue weighted by Crippen LogP contribution is 2.11. The second-order valence-electron chi connectivity index (χ2n) is 3.61. The summed E-state index contributed by atoms with van der Waals surface area (Å²) in [7, 11) is -2.20. The number of aromatic nitrogens is 1. The lowest BCUT2D eigenvalue weighted by molar-refractivity contribution is 0.0599. The zero-order valence-electron chi connectivity index (χ0n) is 10.1. The minimum Gasteiger partial charge on any atom is -0.465 e. The van der Waals surface area contributed by atoms with Crippen molar-refractivity contribution in [3.63, 3.8) is 0 Å². The van der Waals surface area contributed by atoms with Crippen molar-refractivity contribution < 1.29 is 17.9 Å². The Balaban J connectivity index is 2.70. The summed E-state index contributed by atoms with van der Waals surface area (Å²) in [5.41, 5.74) is 0.872. The molecule has 0 unspecified atom stereocenters. The molecule has 0 fully saturated rings. The Labute approximate surface area is 105 Å². The molecule has 0 bridgehead atoms. The highest BCUT2D eigenvalue weighted by atomic mass is 32.2. The molecule has 100 valence electrons. The summed E-state index contributed by atoms with van der Waals surface area (Å²) >= 11 is 0. The molecule has 0 amide bonds. The van der Waals surface area contributed by atoms with Crippen LogP contribution in [0, 0.1) is 6.92 Å². The smallest absolute Gasteiger partial charge is 0.339 e. The van der Waals surface area contributed by atoms with Crippen LogP contribution in [0.3, 0.4) is 0 Å². The summed E-state index contributed by atoms with van der Waals surface area (Å²) in [5, 5.41) is 7.67. The number of ether oxygens (including phenoxy) is 1. The Morgan fingerprint density at radius 3 is 2.67 bits per heavy atom. The van der Waals surface area contributed by atoms with Crippen LogP contribution >= 0.6 is 0 Å².